The number of hydrogen-bond donors (Lipinski definition) is 1. The molecule has 1 saturated heterocycles. The van der Waals surface area contributed by atoms with E-state index in [-0.39, 0.29) is 0 Å². The van der Waals surface area contributed by atoms with E-state index in [1.165, 1.54) is 12.8 Å². The van der Waals surface area contributed by atoms with Gasteiger partial charge >= 0.3 is 0 Å². The lowest BCUT2D eigenvalue weighted by molar-refractivity contribution is 0.143. The van der Waals surface area contributed by atoms with Gasteiger partial charge in [-0.1, -0.05) is 23.2 Å². The Bertz CT molecular complexity index is 401. The fourth-order valence-corrected chi connectivity index (χ4v) is 3.06. The largest absolute Gasteiger partial charge is 0.330 e. The smallest absolute Gasteiger partial charge is 0.0454 e. The number of hydrogen-bond acceptors (Lipinski definition) is 2. The van der Waals surface area contributed by atoms with Crippen LogP contribution in [0.1, 0.15) is 31.4 Å². The van der Waals surface area contributed by atoms with E-state index in [2.05, 4.69) is 11.8 Å². The van der Waals surface area contributed by atoms with Crippen molar-refractivity contribution in [3.8, 4) is 0 Å². The zero-order valence-electron chi connectivity index (χ0n) is 10.7. The van der Waals surface area contributed by atoms with Crippen LogP contribution >= 0.6 is 23.2 Å². The molecule has 0 amide bonds. The summed E-state index contributed by atoms with van der Waals surface area (Å²) in [5.41, 5.74) is 6.84. The first-order chi connectivity index (χ1) is 8.61. The third-order valence-electron chi connectivity index (χ3n) is 3.94. The van der Waals surface area contributed by atoms with Crippen molar-refractivity contribution in [2.75, 3.05) is 19.6 Å². The second-order valence-corrected chi connectivity index (χ2v) is 5.90. The third-order valence-corrected chi connectivity index (χ3v) is 4.52. The van der Waals surface area contributed by atoms with Crippen LogP contribution in [-0.2, 0) is 0 Å². The van der Waals surface area contributed by atoms with E-state index in [0.717, 1.165) is 35.2 Å². The molecule has 18 heavy (non-hydrogen) atoms. The lowest BCUT2D eigenvalue weighted by Gasteiger charge is -2.36. The second-order valence-electron chi connectivity index (χ2n) is 5.06. The number of halogens is 2. The Morgan fingerprint density at radius 3 is 2.61 bits per heavy atom. The Hall–Kier alpha value is -0.280. The normalized spacial score (nSPS) is 20.0. The molecule has 1 aromatic carbocycles. The highest BCUT2D eigenvalue weighted by Crippen LogP contribution is 2.32. The summed E-state index contributed by atoms with van der Waals surface area (Å²) in [7, 11) is 0. The molecule has 0 spiro atoms. The maximum Gasteiger partial charge on any atom is 0.0454 e. The van der Waals surface area contributed by atoms with Crippen molar-refractivity contribution in [3.63, 3.8) is 0 Å². The lowest BCUT2D eigenvalue weighted by Crippen LogP contribution is -2.37. The molecule has 1 aliphatic heterocycles. The van der Waals surface area contributed by atoms with Gasteiger partial charge in [-0.15, -0.1) is 0 Å². The number of likely N-dealkylation sites (tertiary alicyclic amines) is 1. The Labute approximate surface area is 119 Å². The maximum atomic E-state index is 6.26. The minimum atomic E-state index is 0.315. The highest BCUT2D eigenvalue weighted by molar-refractivity contribution is 6.33. The van der Waals surface area contributed by atoms with Gasteiger partial charge in [0, 0.05) is 16.1 Å². The molecule has 0 radical (unpaired) electrons. The van der Waals surface area contributed by atoms with Gasteiger partial charge in [-0.05, 0) is 69.1 Å². The van der Waals surface area contributed by atoms with Crippen LogP contribution in [0, 0.1) is 5.92 Å². The lowest BCUT2D eigenvalue weighted by atomic mass is 9.95. The summed E-state index contributed by atoms with van der Waals surface area (Å²) in [6.45, 7) is 5.18. The molecule has 2 N–H and O–H groups in total. The summed E-state index contributed by atoms with van der Waals surface area (Å²) >= 11 is 12.3. The first-order valence-corrected chi connectivity index (χ1v) is 7.26. The molecule has 2 rings (SSSR count). The molecule has 1 atom stereocenters. The number of nitrogens with two attached hydrogens (primary N) is 1. The van der Waals surface area contributed by atoms with Gasteiger partial charge in [-0.3, -0.25) is 4.90 Å². The molecular formula is C14H20Cl2N2. The molecule has 1 unspecified atom stereocenters. The van der Waals surface area contributed by atoms with E-state index >= 15 is 0 Å². The van der Waals surface area contributed by atoms with E-state index < -0.39 is 0 Å². The summed E-state index contributed by atoms with van der Waals surface area (Å²) in [6, 6.07) is 6.00. The molecule has 0 aliphatic carbocycles. The van der Waals surface area contributed by atoms with Gasteiger partial charge in [0.2, 0.25) is 0 Å². The van der Waals surface area contributed by atoms with E-state index in [4.69, 9.17) is 28.9 Å². The van der Waals surface area contributed by atoms with Crippen LogP contribution in [0.3, 0.4) is 0 Å². The zero-order chi connectivity index (χ0) is 13.1. The first-order valence-electron chi connectivity index (χ1n) is 6.51. The Kier molecular flexibility index (Phi) is 4.91. The number of piperidine rings is 1. The predicted molar refractivity (Wildman–Crippen MR) is 78.2 cm³/mol. The molecule has 2 nitrogen and oxygen atoms in total. The maximum absolute atomic E-state index is 6.26. The average molecular weight is 287 g/mol. The minimum Gasteiger partial charge on any atom is -0.330 e. The molecule has 100 valence electrons. The number of benzene rings is 1. The van der Waals surface area contributed by atoms with Gasteiger partial charge in [0.05, 0.1) is 0 Å². The van der Waals surface area contributed by atoms with Gasteiger partial charge in [-0.25, -0.2) is 0 Å². The van der Waals surface area contributed by atoms with E-state index in [1.54, 1.807) is 0 Å². The average Bonchev–Trinajstić information content (AvgIpc) is 2.41. The van der Waals surface area contributed by atoms with Crippen molar-refractivity contribution in [3.05, 3.63) is 33.8 Å². The van der Waals surface area contributed by atoms with E-state index in [0.29, 0.717) is 12.0 Å². The van der Waals surface area contributed by atoms with Crippen molar-refractivity contribution in [1.82, 2.24) is 4.90 Å². The van der Waals surface area contributed by atoms with Crippen LogP contribution in [0.15, 0.2) is 18.2 Å². The second kappa shape index (κ2) is 6.25. The third kappa shape index (κ3) is 3.18. The molecule has 1 fully saturated rings. The van der Waals surface area contributed by atoms with Crippen molar-refractivity contribution in [1.29, 1.82) is 0 Å². The van der Waals surface area contributed by atoms with Crippen molar-refractivity contribution in [2.24, 2.45) is 11.7 Å². The Balaban J connectivity index is 2.07. The van der Waals surface area contributed by atoms with Gasteiger partial charge in [0.15, 0.2) is 0 Å². The van der Waals surface area contributed by atoms with Crippen LogP contribution < -0.4 is 5.73 Å². The molecule has 0 aromatic heterocycles. The summed E-state index contributed by atoms with van der Waals surface area (Å²) < 4.78 is 0. The first kappa shape index (κ1) is 14.1. The quantitative estimate of drug-likeness (QED) is 0.918. The van der Waals surface area contributed by atoms with Gasteiger partial charge in [0.1, 0.15) is 0 Å². The van der Waals surface area contributed by atoms with Crippen LogP contribution in [0.25, 0.3) is 0 Å². The zero-order valence-corrected chi connectivity index (χ0v) is 12.2. The van der Waals surface area contributed by atoms with Crippen molar-refractivity contribution >= 4 is 23.2 Å². The molecule has 1 heterocycles. The summed E-state index contributed by atoms with van der Waals surface area (Å²) in [5, 5.41) is 1.55. The van der Waals surface area contributed by atoms with Crippen LogP contribution in [0.2, 0.25) is 10.0 Å². The fourth-order valence-electron chi connectivity index (χ4n) is 2.61. The summed E-state index contributed by atoms with van der Waals surface area (Å²) in [6.07, 6.45) is 2.36. The summed E-state index contributed by atoms with van der Waals surface area (Å²) in [5.74, 6) is 0.684. The van der Waals surface area contributed by atoms with E-state index in [1.807, 2.05) is 18.2 Å². The van der Waals surface area contributed by atoms with Crippen LogP contribution in [0.5, 0.6) is 0 Å². The standard InChI is InChI=1S/C14H20Cl2N2/c1-10(13-8-12(15)2-3-14(13)16)18-6-4-11(9-17)5-7-18/h2-3,8,10-11H,4-7,9,17H2,1H3. The highest BCUT2D eigenvalue weighted by atomic mass is 35.5. The minimum absolute atomic E-state index is 0.315. The SMILES string of the molecule is CC(c1cc(Cl)ccc1Cl)N1CCC(CN)CC1. The van der Waals surface area contributed by atoms with Gasteiger partial charge in [-0.2, -0.15) is 0 Å². The van der Waals surface area contributed by atoms with Crippen molar-refractivity contribution in [2.45, 2.75) is 25.8 Å². The molecule has 0 saturated carbocycles. The van der Waals surface area contributed by atoms with Crippen LogP contribution in [0.4, 0.5) is 0 Å². The number of nitrogens with zero attached hydrogens (tertiary/aromatic N) is 1. The molecule has 0 bridgehead atoms. The van der Waals surface area contributed by atoms with Crippen LogP contribution in [-0.4, -0.2) is 24.5 Å². The number of rotatable bonds is 3. The fraction of sp³-hybridized carbons (Fsp3) is 0.571. The van der Waals surface area contributed by atoms with Gasteiger partial charge in [0.25, 0.3) is 0 Å². The highest BCUT2D eigenvalue weighted by Gasteiger charge is 2.24. The van der Waals surface area contributed by atoms with Gasteiger partial charge < -0.3 is 5.73 Å². The van der Waals surface area contributed by atoms with E-state index in [9.17, 15) is 0 Å². The summed E-state index contributed by atoms with van der Waals surface area (Å²) in [4.78, 5) is 2.46. The topological polar surface area (TPSA) is 29.3 Å². The molecule has 4 heteroatoms. The monoisotopic (exact) mass is 286 g/mol. The van der Waals surface area contributed by atoms with Crippen molar-refractivity contribution < 1.29 is 0 Å². The molecule has 1 aliphatic rings. The Morgan fingerprint density at radius 1 is 1.33 bits per heavy atom. The predicted octanol–water partition coefficient (Wildman–Crippen LogP) is 3.73. The molecule has 1 aromatic rings. The Morgan fingerprint density at radius 2 is 2.00 bits per heavy atom. The molecular weight excluding hydrogens is 267 g/mol.